The Morgan fingerprint density at radius 3 is 2.85 bits per heavy atom. The van der Waals surface area contributed by atoms with Gasteiger partial charge in [-0.25, -0.2) is 22.8 Å². The van der Waals surface area contributed by atoms with E-state index in [0.717, 1.165) is 4.68 Å². The van der Waals surface area contributed by atoms with Gasteiger partial charge in [0.05, 0.1) is 23.0 Å². The molecule has 0 unspecified atom stereocenters. The fraction of sp³-hybridized carbons (Fsp3) is 0.167. The maximum atomic E-state index is 13.5. The Labute approximate surface area is 121 Å². The Morgan fingerprint density at radius 1 is 1.50 bits per heavy atom. The highest BCUT2D eigenvalue weighted by molar-refractivity contribution is 9.10. The second-order valence-corrected chi connectivity index (χ2v) is 4.87. The van der Waals surface area contributed by atoms with Crippen molar-refractivity contribution in [2.45, 2.75) is 6.54 Å². The van der Waals surface area contributed by atoms with Crippen LogP contribution >= 0.6 is 15.9 Å². The molecule has 0 bridgehead atoms. The summed E-state index contributed by atoms with van der Waals surface area (Å²) in [6.07, 6.45) is 1.60. The maximum Gasteiger partial charge on any atom is 0.350 e. The highest BCUT2D eigenvalue weighted by Gasteiger charge is 2.10. The first kappa shape index (κ1) is 14.6. The van der Waals surface area contributed by atoms with Gasteiger partial charge in [0, 0.05) is 6.54 Å². The zero-order valence-electron chi connectivity index (χ0n) is 10.3. The third-order valence-corrected chi connectivity index (χ3v) is 3.33. The Morgan fingerprint density at radius 2 is 2.25 bits per heavy atom. The lowest BCUT2D eigenvalue weighted by Gasteiger charge is -2.03. The molecule has 0 amide bonds. The molecule has 0 saturated heterocycles. The molecule has 5 nitrogen and oxygen atoms in total. The van der Waals surface area contributed by atoms with E-state index in [2.05, 4.69) is 21.0 Å². The predicted molar refractivity (Wildman–Crippen MR) is 73.7 cm³/mol. The third-order valence-electron chi connectivity index (χ3n) is 2.68. The van der Waals surface area contributed by atoms with Gasteiger partial charge < -0.3 is 5.73 Å². The number of nitrogens with two attached hydrogens (primary N) is 1. The van der Waals surface area contributed by atoms with Crippen molar-refractivity contribution in [2.75, 3.05) is 6.54 Å². The minimum absolute atomic E-state index is 0.0112. The monoisotopic (exact) mass is 344 g/mol. The lowest BCUT2D eigenvalue weighted by Crippen LogP contribution is -2.26. The second kappa shape index (κ2) is 6.10. The second-order valence-electron chi connectivity index (χ2n) is 4.01. The van der Waals surface area contributed by atoms with Gasteiger partial charge in [-0.3, -0.25) is 0 Å². The number of benzene rings is 1. The average Bonchev–Trinajstić information content (AvgIpc) is 2.80. The molecule has 2 N–H and O–H groups in total. The van der Waals surface area contributed by atoms with Crippen LogP contribution < -0.4 is 11.4 Å². The zero-order valence-corrected chi connectivity index (χ0v) is 11.8. The normalized spacial score (nSPS) is 11.9. The Kier molecular flexibility index (Phi) is 4.46. The number of nitrogens with zero attached hydrogens (tertiary/aromatic N) is 3. The van der Waals surface area contributed by atoms with E-state index in [1.807, 2.05) is 0 Å². The summed E-state index contributed by atoms with van der Waals surface area (Å²) in [7, 11) is 0. The van der Waals surface area contributed by atoms with Crippen molar-refractivity contribution in [3.05, 3.63) is 57.2 Å². The lowest BCUT2D eigenvalue weighted by atomic mass is 10.3. The van der Waals surface area contributed by atoms with Crippen LogP contribution in [0.5, 0.6) is 0 Å². The molecule has 0 spiro atoms. The van der Waals surface area contributed by atoms with E-state index < -0.39 is 11.5 Å². The van der Waals surface area contributed by atoms with E-state index in [-0.39, 0.29) is 18.7 Å². The van der Waals surface area contributed by atoms with Gasteiger partial charge in [-0.05, 0) is 39.7 Å². The number of aromatic nitrogens is 3. The van der Waals surface area contributed by atoms with E-state index in [4.69, 9.17) is 5.73 Å². The van der Waals surface area contributed by atoms with Crippen LogP contribution in [-0.2, 0) is 6.54 Å². The van der Waals surface area contributed by atoms with Crippen LogP contribution in [0.25, 0.3) is 5.69 Å². The Balaban J connectivity index is 2.38. The van der Waals surface area contributed by atoms with Gasteiger partial charge in [-0.15, -0.1) is 0 Å². The van der Waals surface area contributed by atoms with Gasteiger partial charge in [-0.2, -0.15) is 5.10 Å². The van der Waals surface area contributed by atoms with Crippen molar-refractivity contribution in [3.63, 3.8) is 0 Å². The lowest BCUT2D eigenvalue weighted by molar-refractivity contribution is 0.610. The van der Waals surface area contributed by atoms with Crippen LogP contribution in [0.15, 0.2) is 45.7 Å². The summed E-state index contributed by atoms with van der Waals surface area (Å²) >= 11 is 3.03. The maximum absolute atomic E-state index is 13.5. The van der Waals surface area contributed by atoms with Crippen LogP contribution in [0.4, 0.5) is 8.78 Å². The van der Waals surface area contributed by atoms with Gasteiger partial charge in [0.1, 0.15) is 12.1 Å². The molecule has 2 rings (SSSR count). The molecule has 0 radical (unpaired) electrons. The van der Waals surface area contributed by atoms with E-state index >= 15 is 0 Å². The molecule has 1 aromatic heterocycles. The first-order valence-corrected chi connectivity index (χ1v) is 6.44. The standard InChI is InChI=1S/C12H11BrF2N4O/c13-10-2-1-9(3-11(10)15)18-7-17-19(12(18)20)6-8(4-14)5-16/h1-4,7H,5-6,16H2/b8-4-. The number of hydrogen-bond donors (Lipinski definition) is 1. The van der Waals surface area contributed by atoms with E-state index in [1.165, 1.54) is 23.0 Å². The summed E-state index contributed by atoms with van der Waals surface area (Å²) in [5.74, 6) is -0.492. The summed E-state index contributed by atoms with van der Waals surface area (Å²) in [5, 5.41) is 3.85. The van der Waals surface area contributed by atoms with Crippen LogP contribution in [0, 0.1) is 5.82 Å². The Hall–Kier alpha value is -1.80. The van der Waals surface area contributed by atoms with Crippen LogP contribution in [0.2, 0.25) is 0 Å². The molecule has 0 aliphatic carbocycles. The number of rotatable bonds is 4. The smallest absolute Gasteiger partial charge is 0.327 e. The first-order valence-electron chi connectivity index (χ1n) is 5.65. The van der Waals surface area contributed by atoms with Crippen molar-refractivity contribution in [1.29, 1.82) is 0 Å². The SMILES string of the molecule is NC/C(=C/F)Cn1ncn(-c2ccc(Br)c(F)c2)c1=O. The van der Waals surface area contributed by atoms with Crippen molar-refractivity contribution >= 4 is 15.9 Å². The molecule has 1 aromatic carbocycles. The quantitative estimate of drug-likeness (QED) is 0.918. The molecular weight excluding hydrogens is 334 g/mol. The van der Waals surface area contributed by atoms with Crippen molar-refractivity contribution in [3.8, 4) is 5.69 Å². The molecule has 8 heteroatoms. The van der Waals surface area contributed by atoms with E-state index in [0.29, 0.717) is 16.5 Å². The molecule has 2 aromatic rings. The average molecular weight is 345 g/mol. The van der Waals surface area contributed by atoms with Crippen molar-refractivity contribution < 1.29 is 8.78 Å². The number of hydrogen-bond acceptors (Lipinski definition) is 3. The van der Waals surface area contributed by atoms with Crippen LogP contribution in [-0.4, -0.2) is 20.9 Å². The fourth-order valence-electron chi connectivity index (χ4n) is 1.59. The minimum Gasteiger partial charge on any atom is -0.327 e. The van der Waals surface area contributed by atoms with Gasteiger partial charge >= 0.3 is 5.69 Å². The fourth-order valence-corrected chi connectivity index (χ4v) is 1.84. The van der Waals surface area contributed by atoms with Gasteiger partial charge in [-0.1, -0.05) is 0 Å². The molecule has 0 aliphatic heterocycles. The summed E-state index contributed by atoms with van der Waals surface area (Å²) in [4.78, 5) is 12.1. The first-order chi connectivity index (χ1) is 9.56. The molecule has 20 heavy (non-hydrogen) atoms. The molecule has 0 fully saturated rings. The highest BCUT2D eigenvalue weighted by atomic mass is 79.9. The van der Waals surface area contributed by atoms with Gasteiger partial charge in [0.25, 0.3) is 0 Å². The highest BCUT2D eigenvalue weighted by Crippen LogP contribution is 2.17. The Bertz CT molecular complexity index is 708. The van der Waals surface area contributed by atoms with E-state index in [9.17, 15) is 13.6 Å². The van der Waals surface area contributed by atoms with Gasteiger partial charge in [0.2, 0.25) is 0 Å². The molecule has 0 saturated carbocycles. The molecule has 106 valence electrons. The van der Waals surface area contributed by atoms with Crippen LogP contribution in [0.3, 0.4) is 0 Å². The molecular formula is C12H11BrF2N4O. The summed E-state index contributed by atoms with van der Waals surface area (Å²) in [5.41, 5.74) is 5.39. The van der Waals surface area contributed by atoms with Crippen molar-refractivity contribution in [1.82, 2.24) is 14.3 Å². The zero-order chi connectivity index (χ0) is 14.7. The summed E-state index contributed by atoms with van der Waals surface area (Å²) in [6, 6.07) is 4.25. The number of halogens is 3. The van der Waals surface area contributed by atoms with Gasteiger partial charge in [0.15, 0.2) is 0 Å². The van der Waals surface area contributed by atoms with E-state index in [1.54, 1.807) is 6.07 Å². The van der Waals surface area contributed by atoms with Crippen molar-refractivity contribution in [2.24, 2.45) is 5.73 Å². The molecule has 0 aliphatic rings. The van der Waals surface area contributed by atoms with Crippen LogP contribution in [0.1, 0.15) is 0 Å². The molecule has 1 heterocycles. The third kappa shape index (κ3) is 2.86. The minimum atomic E-state index is -0.500. The molecule has 0 atom stereocenters. The summed E-state index contributed by atoms with van der Waals surface area (Å²) in [6.45, 7) is -0.0550. The topological polar surface area (TPSA) is 65.8 Å². The summed E-state index contributed by atoms with van der Waals surface area (Å²) < 4.78 is 28.4. The largest absolute Gasteiger partial charge is 0.350 e. The predicted octanol–water partition coefficient (Wildman–Crippen LogP) is 1.75.